The molecule has 4 aromatic carbocycles. The van der Waals surface area contributed by atoms with E-state index in [0.717, 1.165) is 16.5 Å². The first kappa shape index (κ1) is 24.4. The zero-order valence-corrected chi connectivity index (χ0v) is 21.5. The topological polar surface area (TPSA) is 55.2 Å². The van der Waals surface area contributed by atoms with Gasteiger partial charge in [0.2, 0.25) is 0 Å². The van der Waals surface area contributed by atoms with Gasteiger partial charge in [0, 0.05) is 12.1 Å². The lowest BCUT2D eigenvalue weighted by molar-refractivity contribution is 0.0631. The summed E-state index contributed by atoms with van der Waals surface area (Å²) < 4.78 is 1.68. The quantitative estimate of drug-likeness (QED) is 0.253. The molecule has 1 amide bonds. The number of carbonyl (C=O) groups is 1. The molecule has 0 spiro atoms. The number of fused-ring (bicyclic) bond motifs is 2. The lowest BCUT2D eigenvalue weighted by atomic mass is 10.0. The first-order valence-corrected chi connectivity index (χ1v) is 12.8. The van der Waals surface area contributed by atoms with Crippen LogP contribution in [0.15, 0.2) is 102 Å². The van der Waals surface area contributed by atoms with Crippen LogP contribution in [-0.2, 0) is 0 Å². The molecule has 0 N–H and O–H groups in total. The van der Waals surface area contributed by atoms with Crippen molar-refractivity contribution in [3.05, 3.63) is 119 Å². The fourth-order valence-corrected chi connectivity index (χ4v) is 4.98. The summed E-state index contributed by atoms with van der Waals surface area (Å²) in [5, 5.41) is 2.67. The molecule has 0 aliphatic carbocycles. The Morgan fingerprint density at radius 2 is 1.54 bits per heavy atom. The summed E-state index contributed by atoms with van der Waals surface area (Å²) in [6.45, 7) is 6.79. The van der Waals surface area contributed by atoms with E-state index in [2.05, 4.69) is 13.8 Å². The van der Waals surface area contributed by atoms with Gasteiger partial charge in [-0.05, 0) is 59.5 Å². The first-order valence-electron chi connectivity index (χ1n) is 12.8. The summed E-state index contributed by atoms with van der Waals surface area (Å²) in [5.74, 6) is 0.747. The van der Waals surface area contributed by atoms with Gasteiger partial charge in [-0.1, -0.05) is 81.4 Å². The summed E-state index contributed by atoms with van der Waals surface area (Å²) >= 11 is 0. The van der Waals surface area contributed by atoms with E-state index < -0.39 is 0 Å². The van der Waals surface area contributed by atoms with Crippen molar-refractivity contribution in [2.24, 2.45) is 5.92 Å². The molecule has 5 heteroatoms. The van der Waals surface area contributed by atoms with Crippen LogP contribution in [0.2, 0.25) is 0 Å². The van der Waals surface area contributed by atoms with E-state index in [0.29, 0.717) is 35.3 Å². The third-order valence-electron chi connectivity index (χ3n) is 6.70. The van der Waals surface area contributed by atoms with Gasteiger partial charge in [-0.2, -0.15) is 0 Å². The molecule has 1 atom stereocenters. The summed E-state index contributed by atoms with van der Waals surface area (Å²) in [7, 11) is 0. The molecule has 0 saturated carbocycles. The fraction of sp³-hybridized carbons (Fsp3) is 0.219. The van der Waals surface area contributed by atoms with Crippen LogP contribution in [0.25, 0.3) is 27.4 Å². The molecule has 1 heterocycles. The van der Waals surface area contributed by atoms with E-state index in [1.54, 1.807) is 10.6 Å². The maximum atomic E-state index is 14.1. The van der Waals surface area contributed by atoms with Crippen molar-refractivity contribution in [3.8, 4) is 5.69 Å². The minimum atomic E-state index is -0.390. The second kappa shape index (κ2) is 10.4. The van der Waals surface area contributed by atoms with E-state index >= 15 is 0 Å². The van der Waals surface area contributed by atoms with Crippen LogP contribution in [0, 0.1) is 5.92 Å². The van der Waals surface area contributed by atoms with Gasteiger partial charge in [0.1, 0.15) is 5.82 Å². The molecule has 0 bridgehead atoms. The van der Waals surface area contributed by atoms with Crippen LogP contribution >= 0.6 is 0 Å². The second-order valence-corrected chi connectivity index (χ2v) is 9.80. The van der Waals surface area contributed by atoms with Crippen molar-refractivity contribution < 1.29 is 4.79 Å². The lowest BCUT2D eigenvalue weighted by Gasteiger charge is -2.33. The molecule has 5 aromatic rings. The van der Waals surface area contributed by atoms with Gasteiger partial charge in [0.25, 0.3) is 11.5 Å². The Balaban J connectivity index is 1.70. The third kappa shape index (κ3) is 4.77. The Kier molecular flexibility index (Phi) is 6.87. The van der Waals surface area contributed by atoms with Crippen molar-refractivity contribution in [1.29, 1.82) is 0 Å². The minimum Gasteiger partial charge on any atom is -0.328 e. The summed E-state index contributed by atoms with van der Waals surface area (Å²) in [4.78, 5) is 34.8. The molecule has 1 aromatic heterocycles. The molecule has 0 aliphatic heterocycles. The van der Waals surface area contributed by atoms with Crippen LogP contribution in [0.4, 0.5) is 0 Å². The van der Waals surface area contributed by atoms with Crippen molar-refractivity contribution in [2.45, 2.75) is 33.2 Å². The van der Waals surface area contributed by atoms with Gasteiger partial charge in [0.15, 0.2) is 0 Å². The lowest BCUT2D eigenvalue weighted by Crippen LogP contribution is -2.40. The zero-order chi connectivity index (χ0) is 25.9. The fourth-order valence-electron chi connectivity index (χ4n) is 4.98. The molecule has 0 aliphatic rings. The molecule has 0 saturated heterocycles. The predicted octanol–water partition coefficient (Wildman–Crippen LogP) is 6.79. The largest absolute Gasteiger partial charge is 0.328 e. The molecule has 0 fully saturated rings. The zero-order valence-electron chi connectivity index (χ0n) is 21.5. The number of hydrogen-bond acceptors (Lipinski definition) is 3. The number of para-hydroxylation sites is 2. The van der Waals surface area contributed by atoms with Crippen molar-refractivity contribution >= 4 is 27.6 Å². The van der Waals surface area contributed by atoms with Crippen LogP contribution in [0.5, 0.6) is 0 Å². The number of hydrogen-bond donors (Lipinski definition) is 0. The standard InChI is InChI=1S/C32H31N3O2/c1-4-29(34(21-22(2)3)31(36)25-19-18-23-12-8-9-13-24(23)20-25)30-33-28-17-11-10-16-27(28)32(37)35(30)26-14-6-5-7-15-26/h5-20,22,29H,4,21H2,1-3H3. The highest BCUT2D eigenvalue weighted by Gasteiger charge is 2.30. The van der Waals surface area contributed by atoms with Gasteiger partial charge in [-0.15, -0.1) is 0 Å². The van der Waals surface area contributed by atoms with E-state index in [1.807, 2.05) is 103 Å². The van der Waals surface area contributed by atoms with Gasteiger partial charge in [-0.3, -0.25) is 14.2 Å². The average molecular weight is 490 g/mol. The van der Waals surface area contributed by atoms with Gasteiger partial charge in [-0.25, -0.2) is 4.98 Å². The molecule has 0 radical (unpaired) electrons. The SMILES string of the molecule is CCC(c1nc2ccccc2c(=O)n1-c1ccccc1)N(CC(C)C)C(=O)c1ccc2ccccc2c1. The highest BCUT2D eigenvalue weighted by atomic mass is 16.2. The van der Waals surface area contributed by atoms with Crippen molar-refractivity contribution in [2.75, 3.05) is 6.54 Å². The van der Waals surface area contributed by atoms with Gasteiger partial charge in [0.05, 0.1) is 22.6 Å². The van der Waals surface area contributed by atoms with E-state index in [4.69, 9.17) is 4.98 Å². The summed E-state index contributed by atoms with van der Waals surface area (Å²) in [5.41, 5.74) is 1.87. The van der Waals surface area contributed by atoms with E-state index in [9.17, 15) is 9.59 Å². The molecule has 5 nitrogen and oxygen atoms in total. The van der Waals surface area contributed by atoms with Crippen LogP contribution in [0.1, 0.15) is 49.4 Å². The number of amides is 1. The Morgan fingerprint density at radius 3 is 2.27 bits per heavy atom. The van der Waals surface area contributed by atoms with Gasteiger partial charge < -0.3 is 4.90 Å². The van der Waals surface area contributed by atoms with E-state index in [-0.39, 0.29) is 23.4 Å². The first-order chi connectivity index (χ1) is 18.0. The molecule has 186 valence electrons. The third-order valence-corrected chi connectivity index (χ3v) is 6.70. The molecule has 5 rings (SSSR count). The molecule has 37 heavy (non-hydrogen) atoms. The van der Waals surface area contributed by atoms with Gasteiger partial charge >= 0.3 is 0 Å². The van der Waals surface area contributed by atoms with Crippen LogP contribution in [-0.4, -0.2) is 26.9 Å². The Labute approximate surface area is 217 Å². The minimum absolute atomic E-state index is 0.0617. The number of aromatic nitrogens is 2. The normalized spacial score (nSPS) is 12.2. The average Bonchev–Trinajstić information content (AvgIpc) is 2.92. The second-order valence-electron chi connectivity index (χ2n) is 9.80. The molecule has 1 unspecified atom stereocenters. The van der Waals surface area contributed by atoms with E-state index in [1.165, 1.54) is 0 Å². The maximum absolute atomic E-state index is 14.1. The molecular weight excluding hydrogens is 458 g/mol. The Bertz CT molecular complexity index is 1620. The number of carbonyl (C=O) groups excluding carboxylic acids is 1. The molecular formula is C32H31N3O2. The number of nitrogens with zero attached hydrogens (tertiary/aromatic N) is 3. The monoisotopic (exact) mass is 489 g/mol. The van der Waals surface area contributed by atoms with Crippen LogP contribution in [0.3, 0.4) is 0 Å². The predicted molar refractivity (Wildman–Crippen MR) is 150 cm³/mol. The number of benzene rings is 4. The summed E-state index contributed by atoms with van der Waals surface area (Å²) in [6, 6.07) is 30.5. The maximum Gasteiger partial charge on any atom is 0.266 e. The van der Waals surface area contributed by atoms with Crippen molar-refractivity contribution in [1.82, 2.24) is 14.5 Å². The smallest absolute Gasteiger partial charge is 0.266 e. The highest BCUT2D eigenvalue weighted by molar-refractivity contribution is 5.98. The highest BCUT2D eigenvalue weighted by Crippen LogP contribution is 2.29. The Hall–Kier alpha value is -4.25. The summed E-state index contributed by atoms with van der Waals surface area (Å²) in [6.07, 6.45) is 0.615. The number of rotatable bonds is 7. The Morgan fingerprint density at radius 1 is 0.865 bits per heavy atom. The van der Waals surface area contributed by atoms with Crippen LogP contribution < -0.4 is 5.56 Å². The van der Waals surface area contributed by atoms with Crippen molar-refractivity contribution in [3.63, 3.8) is 0 Å².